The van der Waals surface area contributed by atoms with Crippen LogP contribution < -0.4 is 10.2 Å². The number of anilines is 3. The van der Waals surface area contributed by atoms with E-state index in [1.54, 1.807) is 23.2 Å². The molecular weight excluding hydrogens is 496 g/mol. The van der Waals surface area contributed by atoms with Crippen LogP contribution in [0.1, 0.15) is 15.9 Å². The van der Waals surface area contributed by atoms with Gasteiger partial charge in [0.05, 0.1) is 7.11 Å². The van der Waals surface area contributed by atoms with E-state index in [0.717, 1.165) is 37.4 Å². The van der Waals surface area contributed by atoms with E-state index < -0.39 is 6.16 Å². The van der Waals surface area contributed by atoms with Gasteiger partial charge >= 0.3 is 6.16 Å². The van der Waals surface area contributed by atoms with E-state index in [-0.39, 0.29) is 12.5 Å². The van der Waals surface area contributed by atoms with E-state index in [9.17, 15) is 9.59 Å². The molecule has 1 aliphatic rings. The van der Waals surface area contributed by atoms with Gasteiger partial charge in [0.1, 0.15) is 18.0 Å². The van der Waals surface area contributed by atoms with Crippen molar-refractivity contribution in [1.29, 1.82) is 0 Å². The first-order valence-corrected chi connectivity index (χ1v) is 12.8. The summed E-state index contributed by atoms with van der Waals surface area (Å²) < 4.78 is 9.40. The predicted molar refractivity (Wildman–Crippen MR) is 150 cm³/mol. The average molecular weight is 531 g/mol. The van der Waals surface area contributed by atoms with E-state index in [4.69, 9.17) is 9.72 Å². The summed E-state index contributed by atoms with van der Waals surface area (Å²) in [5.41, 5.74) is 2.17. The summed E-state index contributed by atoms with van der Waals surface area (Å²) >= 11 is 0. The van der Waals surface area contributed by atoms with Crippen LogP contribution >= 0.6 is 0 Å². The second kappa shape index (κ2) is 13.9. The number of amides is 1. The van der Waals surface area contributed by atoms with Gasteiger partial charge < -0.3 is 29.5 Å². The molecule has 1 fully saturated rings. The number of carbonyl (C=O) groups excluding carboxylic acids is 2. The number of benzene rings is 2. The minimum atomic E-state index is -0.758. The fourth-order valence-electron chi connectivity index (χ4n) is 4.08. The first-order chi connectivity index (χ1) is 19.0. The van der Waals surface area contributed by atoms with Crippen LogP contribution in [-0.2, 0) is 16.0 Å². The lowest BCUT2D eigenvalue weighted by Crippen LogP contribution is -2.45. The molecule has 10 heteroatoms. The van der Waals surface area contributed by atoms with E-state index in [2.05, 4.69) is 31.9 Å². The molecule has 1 aromatic heterocycles. The van der Waals surface area contributed by atoms with Crippen molar-refractivity contribution in [3.8, 4) is 0 Å². The molecule has 0 spiro atoms. The lowest BCUT2D eigenvalue weighted by Gasteiger charge is -2.32. The van der Waals surface area contributed by atoms with Crippen molar-refractivity contribution in [1.82, 2.24) is 19.8 Å². The molecule has 0 radical (unpaired) electrons. The summed E-state index contributed by atoms with van der Waals surface area (Å²) in [4.78, 5) is 40.7. The molecule has 0 bridgehead atoms. The van der Waals surface area contributed by atoms with Gasteiger partial charge in [0.15, 0.2) is 0 Å². The van der Waals surface area contributed by atoms with Gasteiger partial charge in [-0.2, -0.15) is 4.98 Å². The van der Waals surface area contributed by atoms with Crippen molar-refractivity contribution >= 4 is 29.5 Å². The first-order valence-electron chi connectivity index (χ1n) is 12.8. The van der Waals surface area contributed by atoms with Crippen LogP contribution in [0.2, 0.25) is 0 Å². The van der Waals surface area contributed by atoms with Crippen LogP contribution in [0.3, 0.4) is 0 Å². The zero-order valence-corrected chi connectivity index (χ0v) is 22.3. The molecule has 1 saturated heterocycles. The lowest BCUT2D eigenvalue weighted by atomic mass is 10.2. The highest BCUT2D eigenvalue weighted by atomic mass is 16.7. The molecule has 10 nitrogen and oxygen atoms in total. The van der Waals surface area contributed by atoms with Crippen LogP contribution in [0.5, 0.6) is 0 Å². The zero-order valence-electron chi connectivity index (χ0n) is 22.3. The first kappa shape index (κ1) is 27.6. The van der Waals surface area contributed by atoms with E-state index >= 15 is 0 Å². The second-order valence-corrected chi connectivity index (χ2v) is 9.12. The van der Waals surface area contributed by atoms with Gasteiger partial charge in [-0.05, 0) is 30.8 Å². The van der Waals surface area contributed by atoms with Crippen molar-refractivity contribution in [3.05, 3.63) is 90.1 Å². The summed E-state index contributed by atoms with van der Waals surface area (Å²) in [7, 11) is 3.35. The molecule has 1 N–H and O–H groups in total. The highest BCUT2D eigenvalue weighted by Crippen LogP contribution is 2.24. The topological polar surface area (TPSA) is 100 Å². The van der Waals surface area contributed by atoms with Crippen LogP contribution in [0.25, 0.3) is 0 Å². The Morgan fingerprint density at radius 2 is 1.69 bits per heavy atom. The molecule has 0 saturated carbocycles. The lowest BCUT2D eigenvalue weighted by molar-refractivity contribution is 0.0756. The number of hydrogen-bond donors (Lipinski definition) is 1. The number of carbonyl (C=O) groups is 2. The number of nitrogens with one attached hydrogen (secondary N) is 1. The monoisotopic (exact) mass is 530 g/mol. The van der Waals surface area contributed by atoms with Gasteiger partial charge in [-0.3, -0.25) is 4.79 Å². The van der Waals surface area contributed by atoms with Gasteiger partial charge in [0.25, 0.3) is 5.91 Å². The van der Waals surface area contributed by atoms with Crippen molar-refractivity contribution in [3.63, 3.8) is 0 Å². The highest BCUT2D eigenvalue weighted by Gasteiger charge is 2.24. The van der Waals surface area contributed by atoms with Crippen LogP contribution in [0.15, 0.2) is 79.0 Å². The molecule has 204 valence electrons. The predicted octanol–water partition coefficient (Wildman–Crippen LogP) is 3.95. The molecule has 3 aromatic rings. The fourth-order valence-corrected chi connectivity index (χ4v) is 4.08. The number of para-hydroxylation sites is 1. The molecule has 1 aliphatic heterocycles. The molecule has 0 unspecified atom stereocenters. The maximum atomic E-state index is 14.0. The Morgan fingerprint density at radius 1 is 1.00 bits per heavy atom. The number of piperazine rings is 1. The van der Waals surface area contributed by atoms with Gasteiger partial charge in [-0.15, -0.1) is 0 Å². The summed E-state index contributed by atoms with van der Waals surface area (Å²) in [6.07, 6.45) is 4.31. The third-order valence-corrected chi connectivity index (χ3v) is 6.29. The summed E-state index contributed by atoms with van der Waals surface area (Å²) in [5.74, 6) is 0.819. The Balaban J connectivity index is 1.61. The third-order valence-electron chi connectivity index (χ3n) is 6.29. The molecule has 2 aromatic carbocycles. The molecule has 0 atom stereocenters. The van der Waals surface area contributed by atoms with Gasteiger partial charge in [-0.1, -0.05) is 54.6 Å². The van der Waals surface area contributed by atoms with E-state index in [1.165, 1.54) is 7.11 Å². The highest BCUT2D eigenvalue weighted by molar-refractivity contribution is 5.99. The minimum Gasteiger partial charge on any atom is -0.438 e. The largest absolute Gasteiger partial charge is 0.508 e. The number of rotatable bonds is 10. The van der Waals surface area contributed by atoms with Gasteiger partial charge in [0, 0.05) is 51.2 Å². The molecule has 1 amide bonds. The molecule has 39 heavy (non-hydrogen) atoms. The number of hydrogen-bond acceptors (Lipinski definition) is 9. The normalized spacial score (nSPS) is 13.7. The van der Waals surface area contributed by atoms with Crippen molar-refractivity contribution in [2.24, 2.45) is 0 Å². The second-order valence-electron chi connectivity index (χ2n) is 9.12. The third kappa shape index (κ3) is 8.02. The molecular formula is C29H34N6O4. The Hall–Kier alpha value is -4.44. The number of nitrogens with zero attached hydrogens (tertiary/aromatic N) is 5. The van der Waals surface area contributed by atoms with Crippen molar-refractivity contribution in [2.75, 3.05) is 63.7 Å². The Kier molecular flexibility index (Phi) is 9.85. The number of likely N-dealkylation sites (N-methyl/N-ethyl adjacent to an activating group) is 1. The van der Waals surface area contributed by atoms with Crippen LogP contribution in [0.4, 0.5) is 22.2 Å². The van der Waals surface area contributed by atoms with Crippen LogP contribution in [0, 0.1) is 0 Å². The fraction of sp³-hybridized carbons (Fsp3) is 0.310. The number of aromatic nitrogens is 2. The maximum Gasteiger partial charge on any atom is 0.508 e. The van der Waals surface area contributed by atoms with Crippen LogP contribution in [-0.4, -0.2) is 85.3 Å². The van der Waals surface area contributed by atoms with Crippen molar-refractivity contribution in [2.45, 2.75) is 6.54 Å². The van der Waals surface area contributed by atoms with Gasteiger partial charge in [-0.25, -0.2) is 9.78 Å². The van der Waals surface area contributed by atoms with E-state index in [0.29, 0.717) is 30.4 Å². The summed E-state index contributed by atoms with van der Waals surface area (Å²) in [6.45, 7) is 4.19. The minimum absolute atomic E-state index is 0.0453. The summed E-state index contributed by atoms with van der Waals surface area (Å²) in [6, 6.07) is 19.4. The smallest absolute Gasteiger partial charge is 0.438 e. The maximum absolute atomic E-state index is 14.0. The SMILES string of the molecule is COC(=O)OC/C=C/CN(Cc1ccccc1)C(=O)c1cnc(N2CCN(C)CC2)nc1Nc1ccccc1. The molecule has 4 rings (SSSR count). The summed E-state index contributed by atoms with van der Waals surface area (Å²) in [5, 5.41) is 3.33. The Bertz CT molecular complexity index is 1250. The number of methoxy groups -OCH3 is 1. The molecule has 2 heterocycles. The van der Waals surface area contributed by atoms with Gasteiger partial charge in [0.2, 0.25) is 5.95 Å². The molecule has 0 aliphatic carbocycles. The average Bonchev–Trinajstić information content (AvgIpc) is 2.97. The Morgan fingerprint density at radius 3 is 2.38 bits per heavy atom. The van der Waals surface area contributed by atoms with E-state index in [1.807, 2.05) is 60.7 Å². The Labute approximate surface area is 228 Å². The van der Waals surface area contributed by atoms with Crippen molar-refractivity contribution < 1.29 is 19.1 Å². The quantitative estimate of drug-likeness (QED) is 0.308. The number of ether oxygens (including phenoxy) is 2. The standard InChI is InChI=1S/C29H34N6O4/c1-33-16-18-34(19-17-33)28-30-21-25(26(32-28)31-24-13-7-4-8-14-24)27(36)35(22-23-11-5-3-6-12-23)15-9-10-20-39-29(37)38-2/h3-14,21H,15-20,22H2,1-2H3,(H,30,31,32)/b10-9+. The zero-order chi connectivity index (χ0) is 27.5.